The van der Waals surface area contributed by atoms with Gasteiger partial charge in [0.05, 0.1) is 0 Å². The van der Waals surface area contributed by atoms with Gasteiger partial charge in [-0.1, -0.05) is 26.0 Å². The normalized spacial score (nSPS) is 34.3. The molecular formula is C10H19N. The number of piperidine rings is 1. The van der Waals surface area contributed by atoms with Gasteiger partial charge < -0.3 is 4.90 Å². The third kappa shape index (κ3) is 1.84. The lowest BCUT2D eigenvalue weighted by Crippen LogP contribution is -2.38. The molecule has 1 rings (SSSR count). The van der Waals surface area contributed by atoms with E-state index in [-0.39, 0.29) is 0 Å². The van der Waals surface area contributed by atoms with Crippen molar-refractivity contribution in [2.75, 3.05) is 20.1 Å². The molecule has 1 aliphatic rings. The Labute approximate surface area is 70.1 Å². The highest BCUT2D eigenvalue weighted by atomic mass is 15.1. The van der Waals surface area contributed by atoms with E-state index in [2.05, 4.69) is 32.4 Å². The zero-order valence-electron chi connectivity index (χ0n) is 7.93. The van der Waals surface area contributed by atoms with Crippen LogP contribution >= 0.6 is 0 Å². The van der Waals surface area contributed by atoms with Gasteiger partial charge in [-0.15, -0.1) is 0 Å². The molecule has 0 spiro atoms. The van der Waals surface area contributed by atoms with Crippen LogP contribution in [0.15, 0.2) is 12.2 Å². The van der Waals surface area contributed by atoms with Crippen LogP contribution in [0.2, 0.25) is 0 Å². The summed E-state index contributed by atoms with van der Waals surface area (Å²) in [6.45, 7) is 11.1. The fourth-order valence-corrected chi connectivity index (χ4v) is 1.95. The van der Waals surface area contributed by atoms with E-state index in [0.29, 0.717) is 5.92 Å². The van der Waals surface area contributed by atoms with Crippen molar-refractivity contribution >= 4 is 0 Å². The minimum Gasteiger partial charge on any atom is -0.305 e. The van der Waals surface area contributed by atoms with Crippen molar-refractivity contribution in [3.63, 3.8) is 0 Å². The molecular weight excluding hydrogens is 134 g/mol. The van der Waals surface area contributed by atoms with E-state index in [9.17, 15) is 0 Å². The van der Waals surface area contributed by atoms with Crippen molar-refractivity contribution in [2.24, 2.45) is 11.8 Å². The number of likely N-dealkylation sites (tertiary alicyclic amines) is 1. The average Bonchev–Trinajstić information content (AvgIpc) is 1.96. The second-order valence-electron chi connectivity index (χ2n) is 3.80. The van der Waals surface area contributed by atoms with Gasteiger partial charge >= 0.3 is 0 Å². The Hall–Kier alpha value is -0.300. The van der Waals surface area contributed by atoms with Gasteiger partial charge in [0, 0.05) is 13.1 Å². The minimum atomic E-state index is 0.693. The van der Waals surface area contributed by atoms with E-state index in [1.54, 1.807) is 0 Å². The van der Waals surface area contributed by atoms with Gasteiger partial charge in [-0.05, 0) is 25.3 Å². The first-order valence-electron chi connectivity index (χ1n) is 4.52. The summed E-state index contributed by atoms with van der Waals surface area (Å²) in [6, 6.07) is 0. The predicted octanol–water partition coefficient (Wildman–Crippen LogP) is 2.15. The van der Waals surface area contributed by atoms with E-state index in [1.807, 2.05) is 0 Å². The Kier molecular flexibility index (Phi) is 2.72. The SMILES string of the molecule is C=C1[C@H](CC)CN(C)C[C@@H]1C. The van der Waals surface area contributed by atoms with Crippen LogP contribution in [0.25, 0.3) is 0 Å². The molecule has 0 amide bonds. The van der Waals surface area contributed by atoms with Gasteiger partial charge in [0.25, 0.3) is 0 Å². The Morgan fingerprint density at radius 1 is 1.55 bits per heavy atom. The van der Waals surface area contributed by atoms with Crippen LogP contribution in [-0.4, -0.2) is 25.0 Å². The molecule has 0 aliphatic carbocycles. The summed E-state index contributed by atoms with van der Waals surface area (Å²) < 4.78 is 0. The summed E-state index contributed by atoms with van der Waals surface area (Å²) in [4.78, 5) is 2.41. The molecule has 0 N–H and O–H groups in total. The molecule has 1 heteroatoms. The van der Waals surface area contributed by atoms with Crippen molar-refractivity contribution < 1.29 is 0 Å². The largest absolute Gasteiger partial charge is 0.305 e. The first-order chi connectivity index (χ1) is 5.15. The van der Waals surface area contributed by atoms with Crippen LogP contribution in [0.5, 0.6) is 0 Å². The molecule has 1 fully saturated rings. The van der Waals surface area contributed by atoms with Crippen molar-refractivity contribution in [2.45, 2.75) is 20.3 Å². The topological polar surface area (TPSA) is 3.24 Å². The molecule has 1 saturated heterocycles. The number of hydrogen-bond acceptors (Lipinski definition) is 1. The fourth-order valence-electron chi connectivity index (χ4n) is 1.95. The molecule has 0 aromatic rings. The number of hydrogen-bond donors (Lipinski definition) is 0. The smallest absolute Gasteiger partial charge is 0.00441 e. The standard InChI is InChI=1S/C10H19N/c1-5-10-7-11(4)6-8(2)9(10)3/h8,10H,3,5-7H2,1-2,4H3/t8-,10+/m0/s1. The van der Waals surface area contributed by atoms with Gasteiger partial charge in [-0.3, -0.25) is 0 Å². The molecule has 2 atom stereocenters. The average molecular weight is 153 g/mol. The van der Waals surface area contributed by atoms with Crippen molar-refractivity contribution in [3.8, 4) is 0 Å². The Bertz CT molecular complexity index is 151. The number of rotatable bonds is 1. The predicted molar refractivity (Wildman–Crippen MR) is 49.6 cm³/mol. The quantitative estimate of drug-likeness (QED) is 0.522. The van der Waals surface area contributed by atoms with Gasteiger partial charge in [0.15, 0.2) is 0 Å². The van der Waals surface area contributed by atoms with E-state index >= 15 is 0 Å². The second kappa shape index (κ2) is 3.40. The summed E-state index contributed by atoms with van der Waals surface area (Å²) in [5.74, 6) is 1.43. The van der Waals surface area contributed by atoms with E-state index in [1.165, 1.54) is 25.1 Å². The first-order valence-corrected chi connectivity index (χ1v) is 4.52. The molecule has 0 radical (unpaired) electrons. The molecule has 1 aliphatic heterocycles. The van der Waals surface area contributed by atoms with Gasteiger partial charge in [0.2, 0.25) is 0 Å². The minimum absolute atomic E-state index is 0.693. The molecule has 11 heavy (non-hydrogen) atoms. The maximum Gasteiger partial charge on any atom is 0.00441 e. The van der Waals surface area contributed by atoms with Gasteiger partial charge in [-0.2, -0.15) is 0 Å². The lowest BCUT2D eigenvalue weighted by Gasteiger charge is -2.35. The fraction of sp³-hybridized carbons (Fsp3) is 0.800. The summed E-state index contributed by atoms with van der Waals surface area (Å²) in [6.07, 6.45) is 1.24. The maximum absolute atomic E-state index is 4.16. The zero-order valence-corrected chi connectivity index (χ0v) is 7.93. The van der Waals surface area contributed by atoms with Gasteiger partial charge in [0.1, 0.15) is 0 Å². The van der Waals surface area contributed by atoms with Crippen molar-refractivity contribution in [3.05, 3.63) is 12.2 Å². The molecule has 1 heterocycles. The van der Waals surface area contributed by atoms with Crippen LogP contribution in [0, 0.1) is 11.8 Å². The molecule has 0 aromatic carbocycles. The highest BCUT2D eigenvalue weighted by Crippen LogP contribution is 2.27. The second-order valence-corrected chi connectivity index (χ2v) is 3.80. The first kappa shape index (κ1) is 8.79. The third-order valence-corrected chi connectivity index (χ3v) is 2.77. The van der Waals surface area contributed by atoms with Crippen LogP contribution in [-0.2, 0) is 0 Å². The van der Waals surface area contributed by atoms with E-state index in [4.69, 9.17) is 0 Å². The maximum atomic E-state index is 4.16. The summed E-state index contributed by atoms with van der Waals surface area (Å²) in [5.41, 5.74) is 1.46. The van der Waals surface area contributed by atoms with Crippen LogP contribution in [0.4, 0.5) is 0 Å². The highest BCUT2D eigenvalue weighted by Gasteiger charge is 2.24. The van der Waals surface area contributed by atoms with Crippen molar-refractivity contribution in [1.82, 2.24) is 4.90 Å². The molecule has 0 unspecified atom stereocenters. The molecule has 0 aromatic heterocycles. The Morgan fingerprint density at radius 2 is 2.18 bits per heavy atom. The lowest BCUT2D eigenvalue weighted by molar-refractivity contribution is 0.215. The molecule has 0 saturated carbocycles. The highest BCUT2D eigenvalue weighted by molar-refractivity contribution is 5.08. The van der Waals surface area contributed by atoms with Crippen LogP contribution in [0.1, 0.15) is 20.3 Å². The molecule has 1 nitrogen and oxygen atoms in total. The summed E-state index contributed by atoms with van der Waals surface area (Å²) >= 11 is 0. The third-order valence-electron chi connectivity index (χ3n) is 2.77. The summed E-state index contributed by atoms with van der Waals surface area (Å²) in [5, 5.41) is 0. The zero-order chi connectivity index (χ0) is 8.43. The van der Waals surface area contributed by atoms with Crippen LogP contribution < -0.4 is 0 Å². The summed E-state index contributed by atoms with van der Waals surface area (Å²) in [7, 11) is 2.20. The van der Waals surface area contributed by atoms with Crippen molar-refractivity contribution in [1.29, 1.82) is 0 Å². The Balaban J connectivity index is 2.59. The Morgan fingerprint density at radius 3 is 2.73 bits per heavy atom. The van der Waals surface area contributed by atoms with Crippen LogP contribution in [0.3, 0.4) is 0 Å². The monoisotopic (exact) mass is 153 g/mol. The molecule has 64 valence electrons. The van der Waals surface area contributed by atoms with E-state index < -0.39 is 0 Å². The molecule has 0 bridgehead atoms. The lowest BCUT2D eigenvalue weighted by atomic mass is 9.84. The number of nitrogens with zero attached hydrogens (tertiary/aromatic N) is 1. The van der Waals surface area contributed by atoms with E-state index in [0.717, 1.165) is 5.92 Å². The van der Waals surface area contributed by atoms with Gasteiger partial charge in [-0.25, -0.2) is 0 Å².